The summed E-state index contributed by atoms with van der Waals surface area (Å²) in [5, 5.41) is 9.73. The quantitative estimate of drug-likeness (QED) is 0.196. The molecule has 13 heteroatoms. The van der Waals surface area contributed by atoms with Gasteiger partial charge in [0.2, 0.25) is 6.79 Å². The summed E-state index contributed by atoms with van der Waals surface area (Å²) in [5.41, 5.74) is 3.76. The van der Waals surface area contributed by atoms with Gasteiger partial charge < -0.3 is 24.8 Å². The van der Waals surface area contributed by atoms with Crippen LogP contribution in [0.2, 0.25) is 10.0 Å². The minimum atomic E-state index is -0.959. The van der Waals surface area contributed by atoms with E-state index in [1.54, 1.807) is 54.6 Å². The Bertz CT molecular complexity index is 1400. The van der Waals surface area contributed by atoms with Gasteiger partial charge in [0.25, 0.3) is 5.91 Å². The Morgan fingerprint density at radius 3 is 2.53 bits per heavy atom. The fourth-order valence-corrected chi connectivity index (χ4v) is 4.15. The van der Waals surface area contributed by atoms with E-state index in [1.807, 2.05) is 0 Å². The van der Waals surface area contributed by atoms with Crippen LogP contribution in [0.15, 0.2) is 64.2 Å². The van der Waals surface area contributed by atoms with Gasteiger partial charge in [-0.05, 0) is 54.1 Å². The third-order valence-electron chi connectivity index (χ3n) is 4.94. The van der Waals surface area contributed by atoms with Crippen LogP contribution < -0.4 is 30.3 Å². The Morgan fingerprint density at radius 2 is 1.74 bits per heavy atom. The van der Waals surface area contributed by atoms with Crippen molar-refractivity contribution >= 4 is 68.8 Å². The summed E-state index contributed by atoms with van der Waals surface area (Å²) >= 11 is 15.2. The number of nitrogens with zero attached hydrogens (tertiary/aromatic N) is 1. The predicted molar refractivity (Wildman–Crippen MR) is 145 cm³/mol. The Kier molecular flexibility index (Phi) is 9.06. The smallest absolute Gasteiger partial charge is 0.329 e. The Balaban J connectivity index is 1.29. The molecule has 10 nitrogen and oxygen atoms in total. The van der Waals surface area contributed by atoms with E-state index in [9.17, 15) is 14.4 Å². The molecule has 0 atom stereocenters. The standard InChI is InChI=1S/C25H19BrCl2N4O6/c26-16-2-4-20(36-12-23(33)31-19-8-17(27)7-18(28)9-19)15(6-16)11-30-32-25(35)24(34)29-10-14-1-3-21-22(5-14)38-13-37-21/h1-9,11H,10,12-13H2,(H,29,34)(H,31,33)(H,32,35)/b30-11-. The average molecular weight is 622 g/mol. The second kappa shape index (κ2) is 12.6. The zero-order valence-corrected chi connectivity index (χ0v) is 22.5. The van der Waals surface area contributed by atoms with E-state index in [0.29, 0.717) is 43.0 Å². The molecule has 3 N–H and O–H groups in total. The van der Waals surface area contributed by atoms with Crippen LogP contribution in [-0.2, 0) is 20.9 Å². The van der Waals surface area contributed by atoms with Crippen molar-refractivity contribution in [2.45, 2.75) is 6.54 Å². The highest BCUT2D eigenvalue weighted by molar-refractivity contribution is 9.10. The molecular formula is C25H19BrCl2N4O6. The molecule has 0 unspecified atom stereocenters. The van der Waals surface area contributed by atoms with E-state index in [-0.39, 0.29) is 19.9 Å². The zero-order valence-electron chi connectivity index (χ0n) is 19.4. The molecule has 1 aliphatic rings. The van der Waals surface area contributed by atoms with Crippen LogP contribution in [0.4, 0.5) is 5.69 Å². The fourth-order valence-electron chi connectivity index (χ4n) is 3.24. The van der Waals surface area contributed by atoms with Crippen LogP contribution in [0, 0.1) is 0 Å². The number of carbonyl (C=O) groups excluding carboxylic acids is 3. The van der Waals surface area contributed by atoms with Crippen molar-refractivity contribution < 1.29 is 28.6 Å². The number of carbonyl (C=O) groups is 3. The summed E-state index contributed by atoms with van der Waals surface area (Å²) in [4.78, 5) is 36.6. The molecule has 0 aliphatic carbocycles. The number of nitrogens with one attached hydrogen (secondary N) is 3. The molecule has 1 aliphatic heterocycles. The van der Waals surface area contributed by atoms with Crippen molar-refractivity contribution in [1.29, 1.82) is 0 Å². The predicted octanol–water partition coefficient (Wildman–Crippen LogP) is 4.27. The molecule has 3 aromatic carbocycles. The molecule has 0 saturated carbocycles. The minimum absolute atomic E-state index is 0.111. The molecule has 0 aromatic heterocycles. The highest BCUT2D eigenvalue weighted by Crippen LogP contribution is 2.32. The lowest BCUT2D eigenvalue weighted by molar-refractivity contribution is -0.139. The number of rotatable bonds is 8. The van der Waals surface area contributed by atoms with Crippen LogP contribution in [-0.4, -0.2) is 37.3 Å². The van der Waals surface area contributed by atoms with E-state index in [1.165, 1.54) is 6.21 Å². The lowest BCUT2D eigenvalue weighted by Gasteiger charge is -2.10. The van der Waals surface area contributed by atoms with Crippen molar-refractivity contribution in [2.24, 2.45) is 5.10 Å². The third kappa shape index (κ3) is 7.60. The van der Waals surface area contributed by atoms with Gasteiger partial charge in [0.15, 0.2) is 18.1 Å². The van der Waals surface area contributed by atoms with E-state index < -0.39 is 17.7 Å². The summed E-state index contributed by atoms with van der Waals surface area (Å²) in [5.74, 6) is -0.763. The van der Waals surface area contributed by atoms with Crippen molar-refractivity contribution in [3.8, 4) is 17.2 Å². The molecule has 0 bridgehead atoms. The van der Waals surface area contributed by atoms with Gasteiger partial charge in [-0.15, -0.1) is 0 Å². The summed E-state index contributed by atoms with van der Waals surface area (Å²) in [6.45, 7) is -0.0667. The molecule has 38 heavy (non-hydrogen) atoms. The van der Waals surface area contributed by atoms with Crippen molar-refractivity contribution in [3.05, 3.63) is 80.2 Å². The van der Waals surface area contributed by atoms with Crippen LogP contribution in [0.3, 0.4) is 0 Å². The molecule has 4 rings (SSSR count). The Labute approximate surface area is 235 Å². The summed E-state index contributed by atoms with van der Waals surface area (Å²) < 4.78 is 16.9. The van der Waals surface area contributed by atoms with Gasteiger partial charge in [-0.1, -0.05) is 45.2 Å². The Hall–Kier alpha value is -3.80. The summed E-state index contributed by atoms with van der Waals surface area (Å²) in [7, 11) is 0. The number of amides is 3. The molecule has 3 amide bonds. The second-order valence-electron chi connectivity index (χ2n) is 7.75. The van der Waals surface area contributed by atoms with Gasteiger partial charge in [0.05, 0.1) is 6.21 Å². The number of ether oxygens (including phenoxy) is 3. The maximum Gasteiger partial charge on any atom is 0.329 e. The van der Waals surface area contributed by atoms with Crippen molar-refractivity contribution in [1.82, 2.24) is 10.7 Å². The molecule has 0 saturated heterocycles. The van der Waals surface area contributed by atoms with Gasteiger partial charge >= 0.3 is 11.8 Å². The van der Waals surface area contributed by atoms with Gasteiger partial charge in [-0.2, -0.15) is 5.10 Å². The van der Waals surface area contributed by atoms with Crippen molar-refractivity contribution in [3.63, 3.8) is 0 Å². The lowest BCUT2D eigenvalue weighted by atomic mass is 10.2. The van der Waals surface area contributed by atoms with Crippen molar-refractivity contribution in [2.75, 3.05) is 18.7 Å². The number of anilines is 1. The largest absolute Gasteiger partial charge is 0.483 e. The second-order valence-corrected chi connectivity index (χ2v) is 9.54. The molecular weight excluding hydrogens is 603 g/mol. The number of hydrogen-bond acceptors (Lipinski definition) is 7. The topological polar surface area (TPSA) is 127 Å². The van der Waals surface area contributed by atoms with Gasteiger partial charge in [0, 0.05) is 32.3 Å². The third-order valence-corrected chi connectivity index (χ3v) is 5.87. The van der Waals surface area contributed by atoms with E-state index in [2.05, 4.69) is 37.1 Å². The summed E-state index contributed by atoms with van der Waals surface area (Å²) in [6.07, 6.45) is 1.29. The highest BCUT2D eigenvalue weighted by Gasteiger charge is 2.16. The van der Waals surface area contributed by atoms with E-state index in [4.69, 9.17) is 37.4 Å². The van der Waals surface area contributed by atoms with E-state index >= 15 is 0 Å². The molecule has 0 fully saturated rings. The van der Waals surface area contributed by atoms with Crippen LogP contribution >= 0.6 is 39.1 Å². The first-order valence-corrected chi connectivity index (χ1v) is 12.5. The molecule has 196 valence electrons. The monoisotopic (exact) mass is 620 g/mol. The zero-order chi connectivity index (χ0) is 27.1. The molecule has 0 spiro atoms. The minimum Gasteiger partial charge on any atom is -0.483 e. The normalized spacial score (nSPS) is 11.8. The first kappa shape index (κ1) is 27.2. The average Bonchev–Trinajstić information content (AvgIpc) is 3.34. The number of halogens is 3. The van der Waals surface area contributed by atoms with Crippen LogP contribution in [0.25, 0.3) is 0 Å². The number of hydrogen-bond donors (Lipinski definition) is 3. The number of hydrazone groups is 1. The van der Waals surface area contributed by atoms with Crippen LogP contribution in [0.1, 0.15) is 11.1 Å². The number of benzene rings is 3. The van der Waals surface area contributed by atoms with Crippen LogP contribution in [0.5, 0.6) is 17.2 Å². The van der Waals surface area contributed by atoms with Gasteiger partial charge in [-0.25, -0.2) is 5.43 Å². The van der Waals surface area contributed by atoms with Gasteiger partial charge in [0.1, 0.15) is 5.75 Å². The lowest BCUT2D eigenvalue weighted by Crippen LogP contribution is -2.37. The summed E-state index contributed by atoms with van der Waals surface area (Å²) in [6, 6.07) is 14.8. The Morgan fingerprint density at radius 1 is 0.974 bits per heavy atom. The fraction of sp³-hybridized carbons (Fsp3) is 0.120. The van der Waals surface area contributed by atoms with E-state index in [0.717, 1.165) is 5.56 Å². The highest BCUT2D eigenvalue weighted by atomic mass is 79.9. The maximum atomic E-state index is 12.3. The SMILES string of the molecule is O=C(COc1ccc(Br)cc1/C=N\NC(=O)C(=O)NCc1ccc2c(c1)OCO2)Nc1cc(Cl)cc(Cl)c1. The molecule has 0 radical (unpaired) electrons. The molecule has 3 aromatic rings. The first-order valence-electron chi connectivity index (χ1n) is 10.9. The molecule has 1 heterocycles. The number of fused-ring (bicyclic) bond motifs is 1. The first-order chi connectivity index (χ1) is 18.3. The van der Waals surface area contributed by atoms with Gasteiger partial charge in [-0.3, -0.25) is 14.4 Å². The maximum absolute atomic E-state index is 12.3.